The normalized spacial score (nSPS) is 17.9. The lowest BCUT2D eigenvalue weighted by atomic mass is 9.87. The van der Waals surface area contributed by atoms with Gasteiger partial charge in [-0.1, -0.05) is 44.5 Å². The van der Waals surface area contributed by atoms with E-state index in [1.165, 1.54) is 18.5 Å². The average molecular weight is 581 g/mol. The minimum Gasteiger partial charge on any atom is -0.474 e. The zero-order valence-corrected chi connectivity index (χ0v) is 22.9. The number of carbonyl (C=O) groups is 2. The Morgan fingerprint density at radius 2 is 1.75 bits per heavy atom. The average Bonchev–Trinajstić information content (AvgIpc) is 2.88. The van der Waals surface area contributed by atoms with Crippen molar-refractivity contribution in [2.75, 3.05) is 5.32 Å². The van der Waals surface area contributed by atoms with Crippen molar-refractivity contribution in [3.63, 3.8) is 0 Å². The number of ether oxygens (including phenoxy) is 1. The molecule has 2 aromatic carbocycles. The van der Waals surface area contributed by atoms with Gasteiger partial charge in [0.15, 0.2) is 0 Å². The number of rotatable bonds is 6. The summed E-state index contributed by atoms with van der Waals surface area (Å²) in [6.45, 7) is 5.04. The van der Waals surface area contributed by atoms with Crippen molar-refractivity contribution in [1.82, 2.24) is 15.3 Å². The van der Waals surface area contributed by atoms with Gasteiger partial charge in [-0.2, -0.15) is 13.2 Å². The van der Waals surface area contributed by atoms with Gasteiger partial charge in [0.1, 0.15) is 23.8 Å². The molecular formula is C28H29ClF4N4O3. The third-order valence-corrected chi connectivity index (χ3v) is 7.13. The number of hydrogen-bond acceptors (Lipinski definition) is 5. The summed E-state index contributed by atoms with van der Waals surface area (Å²) in [4.78, 5) is 33.8. The van der Waals surface area contributed by atoms with E-state index in [2.05, 4.69) is 20.6 Å². The highest BCUT2D eigenvalue weighted by Gasteiger charge is 2.42. The summed E-state index contributed by atoms with van der Waals surface area (Å²) in [6.07, 6.45) is -3.02. The summed E-state index contributed by atoms with van der Waals surface area (Å²) in [5, 5.41) is 5.60. The molecule has 0 spiro atoms. The lowest BCUT2D eigenvalue weighted by molar-refractivity contribution is -0.185. The molecule has 0 atom stereocenters. The topological polar surface area (TPSA) is 93.2 Å². The van der Waals surface area contributed by atoms with E-state index in [9.17, 15) is 22.8 Å². The predicted octanol–water partition coefficient (Wildman–Crippen LogP) is 6.84. The predicted molar refractivity (Wildman–Crippen MR) is 143 cm³/mol. The van der Waals surface area contributed by atoms with E-state index in [1.54, 1.807) is 39.0 Å². The van der Waals surface area contributed by atoms with Crippen LogP contribution in [0.2, 0.25) is 5.02 Å². The Labute approximate surface area is 233 Å². The fraction of sp³-hybridized carbons (Fsp3) is 0.429. The Balaban J connectivity index is 1.53. The van der Waals surface area contributed by atoms with Crippen LogP contribution in [0.1, 0.15) is 62.4 Å². The zero-order valence-electron chi connectivity index (χ0n) is 22.2. The molecule has 4 rings (SSSR count). The molecule has 12 heteroatoms. The number of benzene rings is 2. The van der Waals surface area contributed by atoms with Gasteiger partial charge in [0.05, 0.1) is 27.6 Å². The summed E-state index contributed by atoms with van der Waals surface area (Å²) in [5.74, 6) is -3.14. The molecular weight excluding hydrogens is 552 g/mol. The van der Waals surface area contributed by atoms with Gasteiger partial charge < -0.3 is 15.4 Å². The SMILES string of the molecule is CC(C)(C)C(=O)NCc1ccc(Cl)c(C(=O)Nc2cccc3c(OC4CCC(C(F)(F)F)CC4)ncnc23)c1F. The van der Waals surface area contributed by atoms with E-state index in [0.29, 0.717) is 10.9 Å². The van der Waals surface area contributed by atoms with Crippen molar-refractivity contribution < 1.29 is 31.9 Å². The number of hydrogen-bond donors (Lipinski definition) is 2. The molecule has 0 aliphatic heterocycles. The number of nitrogens with one attached hydrogen (secondary N) is 2. The maximum atomic E-state index is 15.4. The number of amides is 2. The first-order chi connectivity index (χ1) is 18.8. The van der Waals surface area contributed by atoms with Gasteiger partial charge in [0.25, 0.3) is 5.91 Å². The second kappa shape index (κ2) is 11.6. The largest absolute Gasteiger partial charge is 0.474 e. The molecule has 0 radical (unpaired) electrons. The van der Waals surface area contributed by atoms with Gasteiger partial charge in [-0.15, -0.1) is 0 Å². The fourth-order valence-electron chi connectivity index (χ4n) is 4.49. The third kappa shape index (κ3) is 6.63. The molecule has 1 heterocycles. The van der Waals surface area contributed by atoms with E-state index in [-0.39, 0.29) is 60.3 Å². The lowest BCUT2D eigenvalue weighted by Gasteiger charge is -2.30. The van der Waals surface area contributed by atoms with Crippen LogP contribution in [-0.2, 0) is 11.3 Å². The van der Waals surface area contributed by atoms with Crippen LogP contribution in [0.15, 0.2) is 36.7 Å². The minimum atomic E-state index is -4.22. The standard InChI is InChI=1S/C28H29ClF4N4O3/c1-27(2,3)26(39)34-13-15-7-12-19(29)21(22(15)30)24(38)37-20-6-4-5-18-23(20)35-14-36-25(18)40-17-10-8-16(9-11-17)28(31,32)33/h4-7,12,14,16-17H,8-11,13H2,1-3H3,(H,34,39)(H,37,38). The number of aromatic nitrogens is 2. The van der Waals surface area contributed by atoms with Crippen molar-refractivity contribution in [2.24, 2.45) is 11.3 Å². The van der Waals surface area contributed by atoms with Gasteiger partial charge in [-0.3, -0.25) is 9.59 Å². The number of alkyl halides is 3. The Morgan fingerprint density at radius 1 is 1.05 bits per heavy atom. The monoisotopic (exact) mass is 580 g/mol. The molecule has 0 bridgehead atoms. The first kappa shape index (κ1) is 29.5. The third-order valence-electron chi connectivity index (χ3n) is 6.81. The van der Waals surface area contributed by atoms with Gasteiger partial charge in [-0.25, -0.2) is 14.4 Å². The van der Waals surface area contributed by atoms with Crippen LogP contribution in [0.4, 0.5) is 23.2 Å². The molecule has 1 fully saturated rings. The van der Waals surface area contributed by atoms with Crippen LogP contribution < -0.4 is 15.4 Å². The summed E-state index contributed by atoms with van der Waals surface area (Å²) in [7, 11) is 0. The maximum Gasteiger partial charge on any atom is 0.391 e. The highest BCUT2D eigenvalue weighted by Crippen LogP contribution is 2.39. The number of halogens is 5. The molecule has 7 nitrogen and oxygen atoms in total. The molecule has 3 aromatic rings. The molecule has 1 aromatic heterocycles. The van der Waals surface area contributed by atoms with E-state index in [1.807, 2.05) is 0 Å². The number of nitrogens with zero attached hydrogens (tertiary/aromatic N) is 2. The van der Waals surface area contributed by atoms with Crippen LogP contribution in [-0.4, -0.2) is 34.1 Å². The number of para-hydroxylation sites is 1. The summed E-state index contributed by atoms with van der Waals surface area (Å²) < 4.78 is 60.4. The lowest BCUT2D eigenvalue weighted by Crippen LogP contribution is -2.34. The number of anilines is 1. The summed E-state index contributed by atoms with van der Waals surface area (Å²) in [6, 6.07) is 7.61. The van der Waals surface area contributed by atoms with Gasteiger partial charge >= 0.3 is 6.18 Å². The Bertz CT molecular complexity index is 1420. The Morgan fingerprint density at radius 3 is 2.40 bits per heavy atom. The highest BCUT2D eigenvalue weighted by molar-refractivity contribution is 6.34. The highest BCUT2D eigenvalue weighted by atomic mass is 35.5. The molecule has 0 saturated heterocycles. The number of carbonyl (C=O) groups excluding carboxylic acids is 2. The molecule has 1 saturated carbocycles. The van der Waals surface area contributed by atoms with Gasteiger partial charge in [0.2, 0.25) is 11.8 Å². The van der Waals surface area contributed by atoms with Crippen molar-refractivity contribution in [1.29, 1.82) is 0 Å². The smallest absolute Gasteiger partial charge is 0.391 e. The van der Waals surface area contributed by atoms with E-state index < -0.39 is 40.9 Å². The van der Waals surface area contributed by atoms with Crippen LogP contribution in [0, 0.1) is 17.2 Å². The van der Waals surface area contributed by atoms with E-state index in [4.69, 9.17) is 16.3 Å². The van der Waals surface area contributed by atoms with Crippen molar-refractivity contribution in [3.05, 3.63) is 58.6 Å². The number of fused-ring (bicyclic) bond motifs is 1. The van der Waals surface area contributed by atoms with E-state index >= 15 is 4.39 Å². The molecule has 0 unspecified atom stereocenters. The molecule has 40 heavy (non-hydrogen) atoms. The Kier molecular flexibility index (Phi) is 8.53. The van der Waals surface area contributed by atoms with Gasteiger partial charge in [-0.05, 0) is 43.9 Å². The Hall–Kier alpha value is -3.47. The second-order valence-electron chi connectivity index (χ2n) is 10.8. The van der Waals surface area contributed by atoms with Crippen LogP contribution in [0.5, 0.6) is 5.88 Å². The summed E-state index contributed by atoms with van der Waals surface area (Å²) >= 11 is 6.18. The second-order valence-corrected chi connectivity index (χ2v) is 11.2. The molecule has 1 aliphatic carbocycles. The first-order valence-electron chi connectivity index (χ1n) is 12.8. The first-order valence-corrected chi connectivity index (χ1v) is 13.2. The molecule has 2 amide bonds. The molecule has 214 valence electrons. The fourth-order valence-corrected chi connectivity index (χ4v) is 4.72. The molecule has 2 N–H and O–H groups in total. The van der Waals surface area contributed by atoms with E-state index in [0.717, 1.165) is 0 Å². The van der Waals surface area contributed by atoms with Crippen molar-refractivity contribution >= 4 is 40.0 Å². The van der Waals surface area contributed by atoms with Crippen LogP contribution in [0.3, 0.4) is 0 Å². The molecule has 1 aliphatic rings. The quantitative estimate of drug-likeness (QED) is 0.312. The van der Waals surface area contributed by atoms with Crippen molar-refractivity contribution in [3.8, 4) is 5.88 Å². The summed E-state index contributed by atoms with van der Waals surface area (Å²) in [5.41, 5.74) is -0.450. The van der Waals surface area contributed by atoms with Crippen molar-refractivity contribution in [2.45, 2.75) is 65.3 Å². The minimum absolute atomic E-state index is 0.0240. The zero-order chi connectivity index (χ0) is 29.2. The van der Waals surface area contributed by atoms with Crippen LogP contribution in [0.25, 0.3) is 10.9 Å². The van der Waals surface area contributed by atoms with Gasteiger partial charge in [0, 0.05) is 17.5 Å². The maximum absolute atomic E-state index is 15.4. The van der Waals surface area contributed by atoms with Crippen LogP contribution >= 0.6 is 11.6 Å².